The molecule has 0 atom stereocenters. The highest BCUT2D eigenvalue weighted by Crippen LogP contribution is 2.21. The Morgan fingerprint density at radius 1 is 1.00 bits per heavy atom. The molecule has 0 unspecified atom stereocenters. The van der Waals surface area contributed by atoms with Gasteiger partial charge in [0.15, 0.2) is 15.6 Å². The molecule has 0 N–H and O–H groups in total. The number of carbonyl (C=O) groups excluding carboxylic acids is 2. The average molecular weight is 404 g/mol. The van der Waals surface area contributed by atoms with Gasteiger partial charge in [0.05, 0.1) is 18.1 Å². The summed E-state index contributed by atoms with van der Waals surface area (Å²) >= 11 is 0. The maximum absolute atomic E-state index is 13.3. The smallest absolute Gasteiger partial charge is 0.322 e. The van der Waals surface area contributed by atoms with Crippen molar-refractivity contribution in [3.63, 3.8) is 0 Å². The monoisotopic (exact) mass is 404 g/mol. The second kappa shape index (κ2) is 8.10. The fourth-order valence-corrected chi connectivity index (χ4v) is 4.19. The van der Waals surface area contributed by atoms with Crippen molar-refractivity contribution in [2.45, 2.75) is 13.5 Å². The summed E-state index contributed by atoms with van der Waals surface area (Å²) in [6, 6.07) is 12.1. The van der Waals surface area contributed by atoms with Gasteiger partial charge in [-0.15, -0.1) is 0 Å². The number of hydrogen-bond acceptors (Lipinski definition) is 4. The molecule has 0 aliphatic carbocycles. The van der Waals surface area contributed by atoms with Gasteiger partial charge in [-0.05, 0) is 36.8 Å². The number of benzene rings is 2. The van der Waals surface area contributed by atoms with Crippen LogP contribution in [0.2, 0.25) is 0 Å². The topological polar surface area (TPSA) is 74.8 Å². The molecule has 28 heavy (non-hydrogen) atoms. The summed E-state index contributed by atoms with van der Waals surface area (Å²) in [6.07, 6.45) is 0. The number of ketones is 1. The standard InChI is InChI=1S/C20H21FN2O4S/c1-15(24)17-4-2-16(3-5-17)14-23(19-8-6-18(21)7-9-19)20(25)22-10-12-28(26,27)13-11-22/h2-9H,10-14H2,1H3. The molecule has 0 spiro atoms. The Balaban J connectivity index is 1.85. The van der Waals surface area contributed by atoms with E-state index in [0.29, 0.717) is 11.3 Å². The molecular weight excluding hydrogens is 383 g/mol. The molecule has 8 heteroatoms. The number of rotatable bonds is 4. The average Bonchev–Trinajstić information content (AvgIpc) is 2.67. The van der Waals surface area contributed by atoms with Crippen molar-refractivity contribution in [1.82, 2.24) is 4.90 Å². The second-order valence-electron chi connectivity index (χ2n) is 6.74. The molecule has 0 saturated carbocycles. The van der Waals surface area contributed by atoms with Crippen LogP contribution in [0.4, 0.5) is 14.9 Å². The van der Waals surface area contributed by atoms with E-state index in [1.165, 1.54) is 41.0 Å². The van der Waals surface area contributed by atoms with Crippen LogP contribution in [0, 0.1) is 5.82 Å². The number of hydrogen-bond donors (Lipinski definition) is 0. The fourth-order valence-electron chi connectivity index (χ4n) is 2.99. The lowest BCUT2D eigenvalue weighted by molar-refractivity contribution is 0.101. The predicted octanol–water partition coefficient (Wildman–Crippen LogP) is 2.89. The maximum atomic E-state index is 13.3. The Kier molecular flexibility index (Phi) is 5.79. The Morgan fingerprint density at radius 3 is 2.11 bits per heavy atom. The Bertz CT molecular complexity index is 958. The third-order valence-corrected chi connectivity index (χ3v) is 6.29. The minimum Gasteiger partial charge on any atom is -0.322 e. The molecule has 3 rings (SSSR count). The van der Waals surface area contributed by atoms with Crippen LogP contribution in [0.5, 0.6) is 0 Å². The lowest BCUT2D eigenvalue weighted by atomic mass is 10.1. The second-order valence-corrected chi connectivity index (χ2v) is 9.04. The van der Waals surface area contributed by atoms with Crippen LogP contribution < -0.4 is 4.90 Å². The lowest BCUT2D eigenvalue weighted by Gasteiger charge is -2.33. The molecule has 0 aromatic heterocycles. The summed E-state index contributed by atoms with van der Waals surface area (Å²) in [7, 11) is -3.11. The largest absolute Gasteiger partial charge is 0.324 e. The van der Waals surface area contributed by atoms with E-state index in [1.807, 2.05) is 0 Å². The predicted molar refractivity (Wildman–Crippen MR) is 105 cm³/mol. The van der Waals surface area contributed by atoms with Crippen LogP contribution in [0.25, 0.3) is 0 Å². The van der Waals surface area contributed by atoms with Gasteiger partial charge in [0.25, 0.3) is 0 Å². The highest BCUT2D eigenvalue weighted by molar-refractivity contribution is 7.91. The summed E-state index contributed by atoms with van der Waals surface area (Å²) < 4.78 is 36.6. The van der Waals surface area contributed by atoms with Crippen LogP contribution in [0.3, 0.4) is 0 Å². The molecule has 1 aliphatic heterocycles. The van der Waals surface area contributed by atoms with E-state index in [4.69, 9.17) is 0 Å². The normalized spacial score (nSPS) is 15.9. The Morgan fingerprint density at radius 2 is 1.57 bits per heavy atom. The number of amides is 2. The van der Waals surface area contributed by atoms with Crippen LogP contribution in [-0.4, -0.2) is 49.7 Å². The summed E-state index contributed by atoms with van der Waals surface area (Å²) in [4.78, 5) is 27.5. The molecule has 1 saturated heterocycles. The van der Waals surface area contributed by atoms with Crippen molar-refractivity contribution in [2.75, 3.05) is 29.5 Å². The van der Waals surface area contributed by atoms with E-state index in [0.717, 1.165) is 5.56 Å². The third-order valence-electron chi connectivity index (χ3n) is 4.69. The van der Waals surface area contributed by atoms with Gasteiger partial charge >= 0.3 is 6.03 Å². The maximum Gasteiger partial charge on any atom is 0.324 e. The molecule has 1 fully saturated rings. The minimum atomic E-state index is -3.11. The molecule has 2 aromatic rings. The fraction of sp³-hybridized carbons (Fsp3) is 0.300. The van der Waals surface area contributed by atoms with E-state index >= 15 is 0 Å². The third kappa shape index (κ3) is 4.75. The van der Waals surface area contributed by atoms with Crippen molar-refractivity contribution in [3.05, 3.63) is 65.5 Å². The molecule has 6 nitrogen and oxygen atoms in total. The number of anilines is 1. The Hall–Kier alpha value is -2.74. The number of sulfone groups is 1. The molecule has 1 aliphatic rings. The number of carbonyl (C=O) groups is 2. The molecule has 0 bridgehead atoms. The first-order valence-electron chi connectivity index (χ1n) is 8.87. The molecule has 1 heterocycles. The molecule has 0 radical (unpaired) electrons. The SMILES string of the molecule is CC(=O)c1ccc(CN(C(=O)N2CCS(=O)(=O)CC2)c2ccc(F)cc2)cc1. The van der Waals surface area contributed by atoms with Gasteiger partial charge in [0, 0.05) is 24.3 Å². The quantitative estimate of drug-likeness (QED) is 0.735. The summed E-state index contributed by atoms with van der Waals surface area (Å²) in [5, 5.41) is 0. The van der Waals surface area contributed by atoms with Crippen molar-refractivity contribution in [2.24, 2.45) is 0 Å². The molecule has 2 amide bonds. The summed E-state index contributed by atoms with van der Waals surface area (Å²) in [5.74, 6) is -0.592. The summed E-state index contributed by atoms with van der Waals surface area (Å²) in [6.45, 7) is 1.95. The van der Waals surface area contributed by atoms with E-state index < -0.39 is 15.7 Å². The van der Waals surface area contributed by atoms with Crippen LogP contribution in [0.1, 0.15) is 22.8 Å². The zero-order valence-corrected chi connectivity index (χ0v) is 16.3. The van der Waals surface area contributed by atoms with Gasteiger partial charge in [-0.2, -0.15) is 0 Å². The van der Waals surface area contributed by atoms with Gasteiger partial charge in [-0.25, -0.2) is 17.6 Å². The molecule has 148 valence electrons. The van der Waals surface area contributed by atoms with E-state index in [9.17, 15) is 22.4 Å². The van der Waals surface area contributed by atoms with E-state index in [1.54, 1.807) is 24.3 Å². The van der Waals surface area contributed by atoms with Gasteiger partial charge in [0.2, 0.25) is 0 Å². The van der Waals surface area contributed by atoms with Crippen LogP contribution >= 0.6 is 0 Å². The van der Waals surface area contributed by atoms with Crippen molar-refractivity contribution < 1.29 is 22.4 Å². The zero-order valence-electron chi connectivity index (χ0n) is 15.5. The first-order valence-corrected chi connectivity index (χ1v) is 10.7. The number of Topliss-reactive ketones (excluding diaryl/α,β-unsaturated/α-hetero) is 1. The zero-order chi connectivity index (χ0) is 20.3. The van der Waals surface area contributed by atoms with Crippen LogP contribution in [-0.2, 0) is 16.4 Å². The van der Waals surface area contributed by atoms with Gasteiger partial charge in [0.1, 0.15) is 5.82 Å². The van der Waals surface area contributed by atoms with Crippen LogP contribution in [0.15, 0.2) is 48.5 Å². The van der Waals surface area contributed by atoms with Crippen molar-refractivity contribution in [3.8, 4) is 0 Å². The Labute approximate surface area is 163 Å². The highest BCUT2D eigenvalue weighted by atomic mass is 32.2. The number of nitrogens with zero attached hydrogens (tertiary/aromatic N) is 2. The molecule has 2 aromatic carbocycles. The van der Waals surface area contributed by atoms with Crippen molar-refractivity contribution in [1.29, 1.82) is 0 Å². The summed E-state index contributed by atoms with van der Waals surface area (Å²) in [5.41, 5.74) is 1.88. The minimum absolute atomic E-state index is 0.0486. The first-order chi connectivity index (χ1) is 13.2. The highest BCUT2D eigenvalue weighted by Gasteiger charge is 2.29. The van der Waals surface area contributed by atoms with Gasteiger partial charge in [-0.3, -0.25) is 9.69 Å². The first kappa shape index (κ1) is 20.0. The van der Waals surface area contributed by atoms with E-state index in [-0.39, 0.29) is 43.0 Å². The van der Waals surface area contributed by atoms with Crippen molar-refractivity contribution >= 4 is 27.3 Å². The van der Waals surface area contributed by atoms with E-state index in [2.05, 4.69) is 0 Å². The molecular formula is C20H21FN2O4S. The lowest BCUT2D eigenvalue weighted by Crippen LogP contribution is -2.49. The van der Waals surface area contributed by atoms with Gasteiger partial charge in [-0.1, -0.05) is 24.3 Å². The number of halogens is 1. The number of urea groups is 1. The van der Waals surface area contributed by atoms with Gasteiger partial charge < -0.3 is 4.90 Å².